The fourth-order valence-corrected chi connectivity index (χ4v) is 3.07. The van der Waals surface area contributed by atoms with Gasteiger partial charge >= 0.3 is 0 Å². The lowest BCUT2D eigenvalue weighted by Crippen LogP contribution is -2.32. The van der Waals surface area contributed by atoms with Gasteiger partial charge in [0, 0.05) is 31.2 Å². The van der Waals surface area contributed by atoms with Crippen molar-refractivity contribution in [1.29, 1.82) is 0 Å². The van der Waals surface area contributed by atoms with E-state index in [0.29, 0.717) is 18.9 Å². The minimum Gasteiger partial charge on any atom is -0.384 e. The molecule has 1 amide bonds. The predicted molar refractivity (Wildman–Crippen MR) is 89.3 cm³/mol. The van der Waals surface area contributed by atoms with Crippen molar-refractivity contribution in [2.45, 2.75) is 39.2 Å². The van der Waals surface area contributed by atoms with E-state index in [1.807, 2.05) is 24.8 Å². The molecule has 0 aromatic carbocycles. The number of likely N-dealkylation sites (tertiary alicyclic amines) is 1. The maximum Gasteiger partial charge on any atom is 0.225 e. The van der Waals surface area contributed by atoms with E-state index in [1.165, 1.54) is 0 Å². The Bertz CT molecular complexity index is 728. The van der Waals surface area contributed by atoms with Gasteiger partial charge in [0.1, 0.15) is 5.69 Å². The van der Waals surface area contributed by atoms with Crippen molar-refractivity contribution < 1.29 is 9.53 Å². The van der Waals surface area contributed by atoms with Gasteiger partial charge in [-0.3, -0.25) is 4.79 Å². The Morgan fingerprint density at radius 3 is 2.96 bits per heavy atom. The van der Waals surface area contributed by atoms with Crippen LogP contribution in [0.1, 0.15) is 42.5 Å². The van der Waals surface area contributed by atoms with Crippen LogP contribution in [-0.4, -0.2) is 51.0 Å². The highest BCUT2D eigenvalue weighted by Crippen LogP contribution is 2.31. The fraction of sp³-hybridized carbons (Fsp3) is 0.529. The van der Waals surface area contributed by atoms with Crippen molar-refractivity contribution >= 4 is 5.91 Å². The summed E-state index contributed by atoms with van der Waals surface area (Å²) in [6.07, 6.45) is 4.03. The molecule has 3 rings (SSSR count). The number of nitrogens with one attached hydrogen (secondary N) is 1. The number of H-pyrrole nitrogens is 1. The molecule has 0 unspecified atom stereocenters. The van der Waals surface area contributed by atoms with Crippen molar-refractivity contribution in [2.75, 3.05) is 20.3 Å². The summed E-state index contributed by atoms with van der Waals surface area (Å²) in [5, 5.41) is 0. The molecule has 0 saturated carbocycles. The highest BCUT2D eigenvalue weighted by Gasteiger charge is 2.32. The first kappa shape index (κ1) is 16.6. The van der Waals surface area contributed by atoms with E-state index >= 15 is 0 Å². The molecule has 2 aromatic rings. The zero-order chi connectivity index (χ0) is 17.1. The van der Waals surface area contributed by atoms with Crippen LogP contribution in [0.5, 0.6) is 0 Å². The molecule has 1 aliphatic rings. The number of aromatic amines is 1. The Hall–Kier alpha value is -2.28. The molecule has 1 aliphatic heterocycles. The number of nitrogens with zero attached hydrogens (tertiary/aromatic N) is 4. The van der Waals surface area contributed by atoms with E-state index in [1.54, 1.807) is 13.3 Å². The lowest BCUT2D eigenvalue weighted by molar-refractivity contribution is -0.133. The average molecular weight is 329 g/mol. The third-order valence-electron chi connectivity index (χ3n) is 4.21. The van der Waals surface area contributed by atoms with Crippen molar-refractivity contribution in [1.82, 2.24) is 24.8 Å². The maximum atomic E-state index is 12.4. The number of aromatic nitrogens is 4. The molecule has 1 atom stereocenters. The summed E-state index contributed by atoms with van der Waals surface area (Å²) in [6.45, 7) is 5.09. The largest absolute Gasteiger partial charge is 0.384 e. The summed E-state index contributed by atoms with van der Waals surface area (Å²) >= 11 is 0. The summed E-state index contributed by atoms with van der Waals surface area (Å²) in [5.41, 5.74) is 2.63. The number of amides is 1. The van der Waals surface area contributed by atoms with Crippen LogP contribution in [0.3, 0.4) is 0 Å². The van der Waals surface area contributed by atoms with Gasteiger partial charge in [-0.15, -0.1) is 0 Å². The highest BCUT2D eigenvalue weighted by molar-refractivity contribution is 5.77. The van der Waals surface area contributed by atoms with Gasteiger partial charge in [0.05, 0.1) is 19.1 Å². The number of ether oxygens (including phenoxy) is 1. The van der Waals surface area contributed by atoms with Gasteiger partial charge in [-0.2, -0.15) is 0 Å². The molecule has 24 heavy (non-hydrogen) atoms. The van der Waals surface area contributed by atoms with Gasteiger partial charge in [0.25, 0.3) is 0 Å². The van der Waals surface area contributed by atoms with E-state index in [9.17, 15) is 4.79 Å². The van der Waals surface area contributed by atoms with E-state index in [4.69, 9.17) is 4.74 Å². The molecule has 0 bridgehead atoms. The van der Waals surface area contributed by atoms with Crippen LogP contribution in [0.2, 0.25) is 0 Å². The minimum atomic E-state index is -0.0657. The Kier molecular flexibility index (Phi) is 4.89. The number of carbonyl (C=O) groups is 1. The minimum absolute atomic E-state index is 0.0657. The second-order valence-electron chi connectivity index (χ2n) is 6.16. The number of imidazole rings is 1. The summed E-state index contributed by atoms with van der Waals surface area (Å²) in [6, 6.07) is 1.84. The lowest BCUT2D eigenvalue weighted by atomic mass is 10.2. The summed E-state index contributed by atoms with van der Waals surface area (Å²) in [5.74, 6) is 1.52. The molecule has 1 N–H and O–H groups in total. The Morgan fingerprint density at radius 1 is 1.42 bits per heavy atom. The van der Waals surface area contributed by atoms with Crippen LogP contribution in [0, 0.1) is 13.8 Å². The molecule has 0 spiro atoms. The molecule has 7 nitrogen and oxygen atoms in total. The molecule has 1 fully saturated rings. The van der Waals surface area contributed by atoms with Gasteiger partial charge < -0.3 is 14.6 Å². The number of carbonyl (C=O) groups excluding carboxylic acids is 1. The first-order chi connectivity index (χ1) is 11.6. The fourth-order valence-electron chi connectivity index (χ4n) is 3.07. The predicted octanol–water partition coefficient (Wildman–Crippen LogP) is 2.18. The first-order valence-corrected chi connectivity index (χ1v) is 8.24. The third kappa shape index (κ3) is 3.46. The average Bonchev–Trinajstić information content (AvgIpc) is 3.21. The number of methoxy groups -OCH3 is 1. The van der Waals surface area contributed by atoms with Gasteiger partial charge in [-0.1, -0.05) is 0 Å². The molecular weight excluding hydrogens is 306 g/mol. The van der Waals surface area contributed by atoms with E-state index in [-0.39, 0.29) is 11.9 Å². The molecule has 0 radical (unpaired) electrons. The van der Waals surface area contributed by atoms with Gasteiger partial charge in [0.15, 0.2) is 11.6 Å². The first-order valence-electron chi connectivity index (χ1n) is 8.24. The molecular formula is C17H23N5O2. The summed E-state index contributed by atoms with van der Waals surface area (Å²) in [7, 11) is 1.61. The number of aryl methyl sites for hydroxylation is 2. The van der Waals surface area contributed by atoms with Crippen LogP contribution in [0.25, 0.3) is 11.5 Å². The second-order valence-corrected chi connectivity index (χ2v) is 6.16. The molecule has 7 heteroatoms. The molecule has 128 valence electrons. The van der Waals surface area contributed by atoms with Gasteiger partial charge in [-0.05, 0) is 32.8 Å². The van der Waals surface area contributed by atoms with Crippen LogP contribution in [0.15, 0.2) is 12.3 Å². The Balaban J connectivity index is 1.88. The van der Waals surface area contributed by atoms with E-state index in [2.05, 4.69) is 19.9 Å². The van der Waals surface area contributed by atoms with Crippen LogP contribution < -0.4 is 0 Å². The number of rotatable bonds is 5. The zero-order valence-corrected chi connectivity index (χ0v) is 14.4. The van der Waals surface area contributed by atoms with Crippen molar-refractivity contribution in [3.63, 3.8) is 0 Å². The monoisotopic (exact) mass is 329 g/mol. The van der Waals surface area contributed by atoms with Crippen molar-refractivity contribution in [2.24, 2.45) is 0 Å². The molecule has 1 saturated heterocycles. The Labute approximate surface area is 141 Å². The second kappa shape index (κ2) is 7.09. The smallest absolute Gasteiger partial charge is 0.225 e. The zero-order valence-electron chi connectivity index (χ0n) is 14.4. The van der Waals surface area contributed by atoms with Crippen LogP contribution >= 0.6 is 0 Å². The van der Waals surface area contributed by atoms with Crippen LogP contribution in [-0.2, 0) is 9.53 Å². The summed E-state index contributed by atoms with van der Waals surface area (Å²) < 4.78 is 5.02. The van der Waals surface area contributed by atoms with Crippen molar-refractivity contribution in [3.8, 4) is 11.5 Å². The SMILES string of the molecule is COCCC(=O)N1CCC[C@@H]1c1nc(C)cc(-c2ncc(C)[nH]2)n1. The summed E-state index contributed by atoms with van der Waals surface area (Å²) in [4.78, 5) is 31.1. The molecule has 2 aromatic heterocycles. The normalized spacial score (nSPS) is 17.5. The van der Waals surface area contributed by atoms with Crippen molar-refractivity contribution in [3.05, 3.63) is 29.5 Å². The van der Waals surface area contributed by atoms with E-state index < -0.39 is 0 Å². The molecule has 0 aliphatic carbocycles. The number of hydrogen-bond donors (Lipinski definition) is 1. The standard InChI is InChI=1S/C17H23N5O2/c1-11-9-13(16-18-10-12(2)20-16)21-17(19-11)14-5-4-7-22(14)15(23)6-8-24-3/h9-10,14H,4-8H2,1-3H3,(H,18,20)/t14-/m1/s1. The topological polar surface area (TPSA) is 84.0 Å². The highest BCUT2D eigenvalue weighted by atomic mass is 16.5. The Morgan fingerprint density at radius 2 is 2.25 bits per heavy atom. The quantitative estimate of drug-likeness (QED) is 0.909. The van der Waals surface area contributed by atoms with E-state index in [0.717, 1.165) is 42.3 Å². The third-order valence-corrected chi connectivity index (χ3v) is 4.21. The maximum absolute atomic E-state index is 12.4. The van der Waals surface area contributed by atoms with Gasteiger partial charge in [-0.25, -0.2) is 15.0 Å². The number of hydrogen-bond acceptors (Lipinski definition) is 5. The molecule has 3 heterocycles. The van der Waals surface area contributed by atoms with Gasteiger partial charge in [0.2, 0.25) is 5.91 Å². The van der Waals surface area contributed by atoms with Crippen LogP contribution in [0.4, 0.5) is 0 Å². The lowest BCUT2D eigenvalue weighted by Gasteiger charge is -2.24.